The highest BCUT2D eigenvalue weighted by Gasteiger charge is 2.26. The second kappa shape index (κ2) is 12.6. The van der Waals surface area contributed by atoms with Gasteiger partial charge in [-0.2, -0.15) is 9.97 Å². The fourth-order valence-electron chi connectivity index (χ4n) is 4.14. The van der Waals surface area contributed by atoms with Crippen molar-refractivity contribution >= 4 is 35.2 Å². The molecule has 0 amide bonds. The molecule has 37 heavy (non-hydrogen) atoms. The molecule has 0 atom stereocenters. The first kappa shape index (κ1) is 26.4. The summed E-state index contributed by atoms with van der Waals surface area (Å²) in [5.74, 6) is 1.47. The van der Waals surface area contributed by atoms with Crippen LogP contribution in [0.2, 0.25) is 5.02 Å². The van der Waals surface area contributed by atoms with Crippen molar-refractivity contribution in [2.24, 2.45) is 5.92 Å². The second-order valence-corrected chi connectivity index (χ2v) is 9.10. The van der Waals surface area contributed by atoms with E-state index in [1.807, 2.05) is 24.3 Å². The van der Waals surface area contributed by atoms with Crippen molar-refractivity contribution in [3.63, 3.8) is 0 Å². The summed E-state index contributed by atoms with van der Waals surface area (Å²) in [4.78, 5) is 28.8. The average molecular weight is 527 g/mol. The number of aliphatic hydroxyl groups is 1. The van der Waals surface area contributed by atoms with Crippen molar-refractivity contribution < 1.29 is 19.4 Å². The number of piperidine rings is 1. The van der Waals surface area contributed by atoms with Gasteiger partial charge in [-0.05, 0) is 48.6 Å². The number of ether oxygens (including phenoxy) is 2. The van der Waals surface area contributed by atoms with Crippen LogP contribution in [0.3, 0.4) is 0 Å². The van der Waals surface area contributed by atoms with Gasteiger partial charge in [0.1, 0.15) is 22.9 Å². The van der Waals surface area contributed by atoms with E-state index in [1.165, 1.54) is 7.11 Å². The Morgan fingerprint density at radius 3 is 2.43 bits per heavy atom. The Morgan fingerprint density at radius 2 is 1.84 bits per heavy atom. The third kappa shape index (κ3) is 6.58. The molecular formula is C26H31ClN6O4. The van der Waals surface area contributed by atoms with Crippen LogP contribution in [0, 0.1) is 5.92 Å². The van der Waals surface area contributed by atoms with Gasteiger partial charge in [0.15, 0.2) is 0 Å². The van der Waals surface area contributed by atoms with Gasteiger partial charge in [-0.1, -0.05) is 23.7 Å². The van der Waals surface area contributed by atoms with Crippen LogP contribution in [-0.2, 0) is 17.8 Å². The summed E-state index contributed by atoms with van der Waals surface area (Å²) in [6, 6.07) is 11.1. The van der Waals surface area contributed by atoms with Crippen molar-refractivity contribution in [3.05, 3.63) is 64.4 Å². The number of pyridine rings is 1. The third-order valence-corrected chi connectivity index (χ3v) is 6.58. The van der Waals surface area contributed by atoms with Gasteiger partial charge in [0, 0.05) is 32.4 Å². The van der Waals surface area contributed by atoms with Gasteiger partial charge < -0.3 is 30.1 Å². The molecule has 0 unspecified atom stereocenters. The van der Waals surface area contributed by atoms with E-state index in [4.69, 9.17) is 31.0 Å². The number of aliphatic hydroxyl groups excluding tert-OH is 1. The Balaban J connectivity index is 1.67. The van der Waals surface area contributed by atoms with Crippen molar-refractivity contribution in [1.29, 1.82) is 0 Å². The molecule has 1 aromatic carbocycles. The van der Waals surface area contributed by atoms with Crippen LogP contribution in [-0.4, -0.2) is 59.9 Å². The topological polar surface area (TPSA) is 122 Å². The Morgan fingerprint density at radius 1 is 1.11 bits per heavy atom. The molecular weight excluding hydrogens is 496 g/mol. The number of hydrogen-bond acceptors (Lipinski definition) is 10. The van der Waals surface area contributed by atoms with Gasteiger partial charge in [0.25, 0.3) is 0 Å². The lowest BCUT2D eigenvalue weighted by molar-refractivity contribution is 0.0602. The second-order valence-electron chi connectivity index (χ2n) is 8.70. The molecule has 0 bridgehead atoms. The molecule has 3 aromatic rings. The van der Waals surface area contributed by atoms with Gasteiger partial charge in [0.05, 0.1) is 31.5 Å². The van der Waals surface area contributed by atoms with Gasteiger partial charge in [0.2, 0.25) is 5.95 Å². The lowest BCUT2D eigenvalue weighted by Crippen LogP contribution is -2.36. The molecule has 2 aromatic heterocycles. The predicted octanol–water partition coefficient (Wildman–Crippen LogP) is 3.75. The van der Waals surface area contributed by atoms with Crippen LogP contribution in [0.25, 0.3) is 0 Å². The molecule has 196 valence electrons. The lowest BCUT2D eigenvalue weighted by atomic mass is 9.98. The molecule has 0 aliphatic carbocycles. The van der Waals surface area contributed by atoms with Gasteiger partial charge in [-0.25, -0.2) is 4.79 Å². The first-order valence-corrected chi connectivity index (χ1v) is 12.5. The van der Waals surface area contributed by atoms with Crippen LogP contribution in [0.4, 0.5) is 17.6 Å². The van der Waals surface area contributed by atoms with Crippen LogP contribution in [0.1, 0.15) is 34.5 Å². The summed E-state index contributed by atoms with van der Waals surface area (Å²) < 4.78 is 10.3. The maximum absolute atomic E-state index is 12.9. The number of carbonyl (C=O) groups excluding carboxylic acids is 1. The summed E-state index contributed by atoms with van der Waals surface area (Å²) in [5, 5.41) is 16.5. The van der Waals surface area contributed by atoms with Crippen molar-refractivity contribution in [1.82, 2.24) is 15.0 Å². The normalized spacial score (nSPS) is 13.8. The van der Waals surface area contributed by atoms with E-state index in [0.29, 0.717) is 54.5 Å². The van der Waals surface area contributed by atoms with Crippen LogP contribution >= 0.6 is 11.6 Å². The maximum atomic E-state index is 12.9. The highest BCUT2D eigenvalue weighted by molar-refractivity contribution is 6.32. The molecule has 0 saturated carbocycles. The standard InChI is InChI=1S/C26H31ClN6O4/c1-36-21-7-6-18(13-20(21)27)14-29-23-22(25(35)37-2)24(30-15-19-5-3-4-10-28-19)32-26(31-23)33-11-8-17(16-34)9-12-33/h3-7,10,13,17,34H,8-9,11-12,14-16H2,1-2H3,(H2,29,30,31,32). The summed E-state index contributed by atoms with van der Waals surface area (Å²) in [6.45, 7) is 2.30. The maximum Gasteiger partial charge on any atom is 0.345 e. The van der Waals surface area contributed by atoms with E-state index in [9.17, 15) is 9.90 Å². The number of nitrogens with one attached hydrogen (secondary N) is 2. The van der Waals surface area contributed by atoms with Gasteiger partial charge in [-0.3, -0.25) is 4.98 Å². The molecule has 4 rings (SSSR count). The summed E-state index contributed by atoms with van der Waals surface area (Å²) in [6.07, 6.45) is 3.38. The SMILES string of the molecule is COC(=O)c1c(NCc2ccc(OC)c(Cl)c2)nc(N2CCC(CO)CC2)nc1NCc1ccccn1. The van der Waals surface area contributed by atoms with Crippen LogP contribution in [0.15, 0.2) is 42.6 Å². The van der Waals surface area contributed by atoms with Crippen molar-refractivity contribution in [2.75, 3.05) is 49.4 Å². The zero-order valence-electron chi connectivity index (χ0n) is 20.9. The molecule has 1 aliphatic rings. The summed E-state index contributed by atoms with van der Waals surface area (Å²) in [5.41, 5.74) is 1.88. The van der Waals surface area contributed by atoms with Gasteiger partial charge in [-0.15, -0.1) is 0 Å². The van der Waals surface area contributed by atoms with Gasteiger partial charge >= 0.3 is 5.97 Å². The summed E-state index contributed by atoms with van der Waals surface area (Å²) >= 11 is 6.30. The van der Waals surface area contributed by atoms with E-state index in [2.05, 4.69) is 20.5 Å². The molecule has 0 spiro atoms. The minimum Gasteiger partial charge on any atom is -0.495 e. The predicted molar refractivity (Wildman–Crippen MR) is 142 cm³/mol. The minimum absolute atomic E-state index is 0.171. The molecule has 10 nitrogen and oxygen atoms in total. The van der Waals surface area contributed by atoms with E-state index in [0.717, 1.165) is 24.1 Å². The first-order valence-electron chi connectivity index (χ1n) is 12.1. The number of benzene rings is 1. The Kier molecular flexibility index (Phi) is 8.97. The molecule has 3 heterocycles. The fourth-order valence-corrected chi connectivity index (χ4v) is 4.42. The number of hydrogen-bond donors (Lipinski definition) is 3. The first-order chi connectivity index (χ1) is 18.0. The molecule has 1 saturated heterocycles. The molecule has 11 heteroatoms. The monoisotopic (exact) mass is 526 g/mol. The van der Waals surface area contributed by atoms with Crippen LogP contribution < -0.4 is 20.3 Å². The minimum atomic E-state index is -0.565. The Bertz CT molecular complexity index is 1210. The van der Waals surface area contributed by atoms with Crippen LogP contribution in [0.5, 0.6) is 5.75 Å². The highest BCUT2D eigenvalue weighted by Crippen LogP contribution is 2.30. The zero-order valence-corrected chi connectivity index (χ0v) is 21.7. The fraction of sp³-hybridized carbons (Fsp3) is 0.385. The molecule has 3 N–H and O–H groups in total. The van der Waals surface area contributed by atoms with E-state index in [-0.39, 0.29) is 18.1 Å². The number of methoxy groups -OCH3 is 2. The number of aromatic nitrogens is 3. The van der Waals surface area contributed by atoms with Crippen molar-refractivity contribution in [2.45, 2.75) is 25.9 Å². The lowest BCUT2D eigenvalue weighted by Gasteiger charge is -2.31. The molecule has 1 aliphatic heterocycles. The number of esters is 1. The zero-order chi connectivity index (χ0) is 26.2. The largest absolute Gasteiger partial charge is 0.495 e. The smallest absolute Gasteiger partial charge is 0.345 e. The molecule has 1 fully saturated rings. The quantitative estimate of drug-likeness (QED) is 0.337. The number of nitrogens with zero attached hydrogens (tertiary/aromatic N) is 4. The van der Waals surface area contributed by atoms with Crippen molar-refractivity contribution in [3.8, 4) is 5.75 Å². The Hall–Kier alpha value is -3.63. The number of anilines is 3. The number of rotatable bonds is 10. The van der Waals surface area contributed by atoms with E-state index >= 15 is 0 Å². The molecule has 0 radical (unpaired) electrons. The van der Waals surface area contributed by atoms with E-state index in [1.54, 1.807) is 25.4 Å². The number of halogens is 1. The van der Waals surface area contributed by atoms with E-state index < -0.39 is 5.97 Å². The summed E-state index contributed by atoms with van der Waals surface area (Å²) in [7, 11) is 2.89. The Labute approximate surface area is 221 Å². The third-order valence-electron chi connectivity index (χ3n) is 6.28. The highest BCUT2D eigenvalue weighted by atomic mass is 35.5. The number of carbonyl (C=O) groups is 1. The average Bonchev–Trinajstić information content (AvgIpc) is 2.95.